The molecular weight excluding hydrogens is 242 g/mol. The number of benzene rings is 1. The number of rotatable bonds is 3. The molecule has 2 aromatic rings. The summed E-state index contributed by atoms with van der Waals surface area (Å²) in [5.74, 6) is 0. The molecule has 18 heavy (non-hydrogen) atoms. The van der Waals surface area contributed by atoms with Crippen LogP contribution in [-0.4, -0.2) is 17.1 Å². The average molecular weight is 257 g/mol. The molecule has 1 aromatic heterocycles. The van der Waals surface area contributed by atoms with E-state index in [2.05, 4.69) is 27.8 Å². The molecule has 2 rings (SSSR count). The van der Waals surface area contributed by atoms with Gasteiger partial charge in [-0.15, -0.1) is 0 Å². The summed E-state index contributed by atoms with van der Waals surface area (Å²) in [5, 5.41) is 6.86. The molecule has 0 aliphatic carbocycles. The highest BCUT2D eigenvalue weighted by Crippen LogP contribution is 2.20. The Bertz CT molecular complexity index is 459. The molecule has 0 spiro atoms. The Morgan fingerprint density at radius 2 is 1.67 bits per heavy atom. The predicted octanol–water partition coefficient (Wildman–Crippen LogP) is 2.26. The number of thiocarbonyl (C=S) groups is 1. The monoisotopic (exact) mass is 257 g/mol. The lowest BCUT2D eigenvalue weighted by Crippen LogP contribution is -2.36. The first-order chi connectivity index (χ1) is 8.81. The minimum absolute atomic E-state index is 0.0362. The highest BCUT2D eigenvalue weighted by Gasteiger charge is 2.13. The summed E-state index contributed by atoms with van der Waals surface area (Å²) in [4.78, 5) is 4.04. The summed E-state index contributed by atoms with van der Waals surface area (Å²) < 4.78 is 0. The van der Waals surface area contributed by atoms with Crippen LogP contribution in [0.5, 0.6) is 0 Å². The summed E-state index contributed by atoms with van der Waals surface area (Å²) in [5.41, 5.74) is 2.30. The Morgan fingerprint density at radius 3 is 2.28 bits per heavy atom. The summed E-state index contributed by atoms with van der Waals surface area (Å²) in [7, 11) is 1.81. The molecule has 1 heterocycles. The Morgan fingerprint density at radius 1 is 1.06 bits per heavy atom. The van der Waals surface area contributed by atoms with Gasteiger partial charge in [0.05, 0.1) is 6.04 Å². The van der Waals surface area contributed by atoms with Gasteiger partial charge in [0.15, 0.2) is 5.11 Å². The SMILES string of the molecule is CNC(=S)N[C@@H](c1ccccc1)c1ccncc1. The highest BCUT2D eigenvalue weighted by atomic mass is 32.1. The average Bonchev–Trinajstić information content (AvgIpc) is 2.46. The second-order valence-electron chi connectivity index (χ2n) is 3.85. The molecule has 0 radical (unpaired) electrons. The molecule has 1 atom stereocenters. The topological polar surface area (TPSA) is 37.0 Å². The number of nitrogens with zero attached hydrogens (tertiary/aromatic N) is 1. The Labute approximate surface area is 112 Å². The second kappa shape index (κ2) is 6.12. The van der Waals surface area contributed by atoms with Gasteiger partial charge in [0.1, 0.15) is 0 Å². The van der Waals surface area contributed by atoms with Gasteiger partial charge in [-0.3, -0.25) is 4.98 Å². The van der Waals surface area contributed by atoms with Gasteiger partial charge >= 0.3 is 0 Å². The molecule has 2 N–H and O–H groups in total. The zero-order valence-corrected chi connectivity index (χ0v) is 10.9. The van der Waals surface area contributed by atoms with Crippen LogP contribution in [0.1, 0.15) is 17.2 Å². The molecule has 0 unspecified atom stereocenters. The van der Waals surface area contributed by atoms with Crippen molar-refractivity contribution in [2.24, 2.45) is 0 Å². The molecule has 0 amide bonds. The summed E-state index contributed by atoms with van der Waals surface area (Å²) in [6.45, 7) is 0. The number of hydrogen-bond acceptors (Lipinski definition) is 2. The van der Waals surface area contributed by atoms with E-state index in [4.69, 9.17) is 12.2 Å². The zero-order chi connectivity index (χ0) is 12.8. The van der Waals surface area contributed by atoms with Crippen LogP contribution in [0.25, 0.3) is 0 Å². The summed E-state index contributed by atoms with van der Waals surface area (Å²) >= 11 is 5.19. The Hall–Kier alpha value is -1.94. The third-order valence-corrected chi connectivity index (χ3v) is 3.00. The van der Waals surface area contributed by atoms with Crippen LogP contribution in [0.2, 0.25) is 0 Å². The first-order valence-electron chi connectivity index (χ1n) is 5.74. The maximum absolute atomic E-state index is 5.19. The second-order valence-corrected chi connectivity index (χ2v) is 4.26. The maximum atomic E-state index is 5.19. The van der Waals surface area contributed by atoms with E-state index < -0.39 is 0 Å². The molecule has 1 aromatic carbocycles. The molecule has 4 heteroatoms. The number of aromatic nitrogens is 1. The van der Waals surface area contributed by atoms with Crippen molar-refractivity contribution >= 4 is 17.3 Å². The van der Waals surface area contributed by atoms with Gasteiger partial charge in [0.2, 0.25) is 0 Å². The lowest BCUT2D eigenvalue weighted by molar-refractivity contribution is 0.751. The highest BCUT2D eigenvalue weighted by molar-refractivity contribution is 7.80. The van der Waals surface area contributed by atoms with E-state index in [9.17, 15) is 0 Å². The van der Waals surface area contributed by atoms with E-state index in [-0.39, 0.29) is 6.04 Å². The maximum Gasteiger partial charge on any atom is 0.166 e. The molecule has 0 saturated heterocycles. The first-order valence-corrected chi connectivity index (χ1v) is 6.15. The molecule has 0 saturated carbocycles. The van der Waals surface area contributed by atoms with Crippen LogP contribution < -0.4 is 10.6 Å². The summed E-state index contributed by atoms with van der Waals surface area (Å²) in [6.07, 6.45) is 3.57. The van der Waals surface area contributed by atoms with Crippen LogP contribution >= 0.6 is 12.2 Å². The van der Waals surface area contributed by atoms with Gasteiger partial charge in [0.25, 0.3) is 0 Å². The fraction of sp³-hybridized carbons (Fsp3) is 0.143. The lowest BCUT2D eigenvalue weighted by Gasteiger charge is -2.20. The van der Waals surface area contributed by atoms with Crippen LogP contribution in [0.3, 0.4) is 0 Å². The third kappa shape index (κ3) is 3.05. The predicted molar refractivity (Wildman–Crippen MR) is 77.3 cm³/mol. The molecule has 0 fully saturated rings. The molecule has 0 aliphatic heterocycles. The van der Waals surface area contributed by atoms with E-state index >= 15 is 0 Å². The normalized spacial score (nSPS) is 11.6. The van der Waals surface area contributed by atoms with E-state index in [1.807, 2.05) is 37.4 Å². The third-order valence-electron chi connectivity index (χ3n) is 2.67. The van der Waals surface area contributed by atoms with Gasteiger partial charge < -0.3 is 10.6 Å². The fourth-order valence-electron chi connectivity index (χ4n) is 1.76. The Kier molecular flexibility index (Phi) is 4.25. The van der Waals surface area contributed by atoms with Crippen molar-refractivity contribution in [3.05, 3.63) is 66.0 Å². The van der Waals surface area contributed by atoms with E-state index in [0.717, 1.165) is 5.56 Å². The molecule has 3 nitrogen and oxygen atoms in total. The summed E-state index contributed by atoms with van der Waals surface area (Å²) in [6, 6.07) is 14.2. The van der Waals surface area contributed by atoms with Crippen LogP contribution in [0, 0.1) is 0 Å². The fourth-order valence-corrected chi connectivity index (χ4v) is 1.88. The Balaban J connectivity index is 2.32. The van der Waals surface area contributed by atoms with Crippen molar-refractivity contribution in [1.29, 1.82) is 0 Å². The molecule has 0 bridgehead atoms. The van der Waals surface area contributed by atoms with E-state index in [1.165, 1.54) is 5.56 Å². The smallest absolute Gasteiger partial charge is 0.166 e. The number of nitrogens with one attached hydrogen (secondary N) is 2. The van der Waals surface area contributed by atoms with Gasteiger partial charge in [-0.05, 0) is 35.5 Å². The van der Waals surface area contributed by atoms with E-state index in [1.54, 1.807) is 12.4 Å². The zero-order valence-electron chi connectivity index (χ0n) is 10.1. The minimum Gasteiger partial charge on any atom is -0.366 e. The van der Waals surface area contributed by atoms with Gasteiger partial charge in [-0.2, -0.15) is 0 Å². The largest absolute Gasteiger partial charge is 0.366 e. The molecular formula is C14H15N3S. The minimum atomic E-state index is 0.0362. The van der Waals surface area contributed by atoms with Crippen LogP contribution in [0.4, 0.5) is 0 Å². The first kappa shape index (κ1) is 12.5. The number of pyridine rings is 1. The lowest BCUT2D eigenvalue weighted by atomic mass is 10.00. The van der Waals surface area contributed by atoms with Gasteiger partial charge in [-0.25, -0.2) is 0 Å². The van der Waals surface area contributed by atoms with Crippen LogP contribution in [0.15, 0.2) is 54.9 Å². The standard InChI is InChI=1S/C14H15N3S/c1-15-14(18)17-13(11-5-3-2-4-6-11)12-7-9-16-10-8-12/h2-10,13H,1H3,(H2,15,17,18)/t13-/m0/s1. The van der Waals surface area contributed by atoms with Crippen LogP contribution in [-0.2, 0) is 0 Å². The quantitative estimate of drug-likeness (QED) is 0.827. The van der Waals surface area contributed by atoms with E-state index in [0.29, 0.717) is 5.11 Å². The van der Waals surface area contributed by atoms with Crippen molar-refractivity contribution in [3.63, 3.8) is 0 Å². The molecule has 92 valence electrons. The van der Waals surface area contributed by atoms with Gasteiger partial charge in [-0.1, -0.05) is 30.3 Å². The van der Waals surface area contributed by atoms with Crippen molar-refractivity contribution in [2.75, 3.05) is 7.05 Å². The number of hydrogen-bond donors (Lipinski definition) is 2. The van der Waals surface area contributed by atoms with Crippen molar-refractivity contribution < 1.29 is 0 Å². The van der Waals surface area contributed by atoms with Crippen molar-refractivity contribution in [2.45, 2.75) is 6.04 Å². The van der Waals surface area contributed by atoms with Crippen molar-refractivity contribution in [3.8, 4) is 0 Å². The van der Waals surface area contributed by atoms with Crippen molar-refractivity contribution in [1.82, 2.24) is 15.6 Å². The van der Waals surface area contributed by atoms with Gasteiger partial charge in [0, 0.05) is 19.4 Å². The molecule has 0 aliphatic rings.